The van der Waals surface area contributed by atoms with Crippen LogP contribution < -0.4 is 10.6 Å². The molecule has 154 valence electrons. The third-order valence-electron chi connectivity index (χ3n) is 5.25. The molecule has 2 heterocycles. The predicted octanol–water partition coefficient (Wildman–Crippen LogP) is 2.52. The van der Waals surface area contributed by atoms with Crippen molar-refractivity contribution in [1.29, 1.82) is 0 Å². The van der Waals surface area contributed by atoms with Gasteiger partial charge < -0.3 is 20.4 Å². The Morgan fingerprint density at radius 3 is 2.82 bits per heavy atom. The number of aromatic amines is 1. The summed E-state index contributed by atoms with van der Waals surface area (Å²) in [7, 11) is 0. The van der Waals surface area contributed by atoms with E-state index in [0.717, 1.165) is 68.2 Å². The number of guanidine groups is 1. The zero-order valence-electron chi connectivity index (χ0n) is 17.1. The van der Waals surface area contributed by atoms with Gasteiger partial charge in [-0.3, -0.25) is 9.89 Å². The Morgan fingerprint density at radius 1 is 1.29 bits per heavy atom. The van der Waals surface area contributed by atoms with Crippen molar-refractivity contribution in [2.24, 2.45) is 4.99 Å². The molecule has 1 fully saturated rings. The van der Waals surface area contributed by atoms with E-state index < -0.39 is 0 Å². The average Bonchev–Trinajstić information content (AvgIpc) is 3.09. The fourth-order valence-corrected chi connectivity index (χ4v) is 3.56. The van der Waals surface area contributed by atoms with Gasteiger partial charge in [0, 0.05) is 48.8 Å². The molecule has 6 nitrogen and oxygen atoms in total. The summed E-state index contributed by atoms with van der Waals surface area (Å²) in [5.74, 6) is 0.608. The summed E-state index contributed by atoms with van der Waals surface area (Å²) in [6.07, 6.45) is 2.75. The molecular formula is C21H32FN5O. The highest BCUT2D eigenvalue weighted by Crippen LogP contribution is 2.19. The van der Waals surface area contributed by atoms with E-state index in [4.69, 9.17) is 9.73 Å². The number of hydrogen-bond donors (Lipinski definition) is 3. The fourth-order valence-electron chi connectivity index (χ4n) is 3.56. The molecule has 0 atom stereocenters. The third kappa shape index (κ3) is 5.23. The summed E-state index contributed by atoms with van der Waals surface area (Å²) in [6, 6.07) is 4.85. The first kappa shape index (κ1) is 20.6. The van der Waals surface area contributed by atoms with Gasteiger partial charge in [-0.15, -0.1) is 0 Å². The van der Waals surface area contributed by atoms with Gasteiger partial charge in [-0.05, 0) is 51.0 Å². The Hall–Kier alpha value is -2.12. The molecule has 0 aliphatic carbocycles. The van der Waals surface area contributed by atoms with Gasteiger partial charge in [-0.1, -0.05) is 0 Å². The molecule has 28 heavy (non-hydrogen) atoms. The monoisotopic (exact) mass is 389 g/mol. The number of H-pyrrole nitrogens is 1. The number of hydrogen-bond acceptors (Lipinski definition) is 3. The summed E-state index contributed by atoms with van der Waals surface area (Å²) >= 11 is 0. The normalized spacial score (nSPS) is 16.5. The fraction of sp³-hybridized carbons (Fsp3) is 0.571. The van der Waals surface area contributed by atoms with Gasteiger partial charge in [0.2, 0.25) is 0 Å². The van der Waals surface area contributed by atoms with E-state index in [0.29, 0.717) is 6.54 Å². The topological polar surface area (TPSA) is 64.7 Å². The third-order valence-corrected chi connectivity index (χ3v) is 5.25. The van der Waals surface area contributed by atoms with E-state index in [1.807, 2.05) is 6.20 Å². The van der Waals surface area contributed by atoms with Crippen molar-refractivity contribution < 1.29 is 9.13 Å². The molecule has 0 unspecified atom stereocenters. The van der Waals surface area contributed by atoms with Gasteiger partial charge in [-0.25, -0.2) is 4.39 Å². The lowest BCUT2D eigenvalue weighted by Crippen LogP contribution is -2.52. The second-order valence-electron chi connectivity index (χ2n) is 7.79. The second kappa shape index (κ2) is 9.39. The largest absolute Gasteiger partial charge is 0.379 e. The summed E-state index contributed by atoms with van der Waals surface area (Å²) in [5, 5.41) is 7.66. The maximum absolute atomic E-state index is 13.5. The highest BCUT2D eigenvalue weighted by atomic mass is 19.1. The standard InChI is InChI=1S/C21H32FN5O/c1-4-23-20(26-15-21(2,3)27-9-11-28-12-10-27)24-8-7-16-14-25-19-6-5-17(22)13-18(16)19/h5-6,13-14,25H,4,7-12,15H2,1-3H3,(H2,23,24,26). The van der Waals surface area contributed by atoms with Crippen LogP contribution in [0, 0.1) is 5.82 Å². The van der Waals surface area contributed by atoms with E-state index in [-0.39, 0.29) is 11.4 Å². The Balaban J connectivity index is 1.57. The van der Waals surface area contributed by atoms with Crippen LogP contribution in [0.1, 0.15) is 26.3 Å². The second-order valence-corrected chi connectivity index (χ2v) is 7.79. The van der Waals surface area contributed by atoms with Gasteiger partial charge in [0.15, 0.2) is 5.96 Å². The molecule has 1 aliphatic heterocycles. The van der Waals surface area contributed by atoms with Crippen LogP contribution in [-0.4, -0.2) is 67.3 Å². The smallest absolute Gasteiger partial charge is 0.191 e. The van der Waals surface area contributed by atoms with E-state index in [1.165, 1.54) is 6.07 Å². The quantitative estimate of drug-likeness (QED) is 0.503. The van der Waals surface area contributed by atoms with Crippen LogP contribution in [0.2, 0.25) is 0 Å². The van der Waals surface area contributed by atoms with Crippen molar-refractivity contribution in [1.82, 2.24) is 20.5 Å². The number of rotatable bonds is 7. The van der Waals surface area contributed by atoms with Gasteiger partial charge in [0.05, 0.1) is 19.8 Å². The summed E-state index contributed by atoms with van der Waals surface area (Å²) in [5.41, 5.74) is 2.05. The highest BCUT2D eigenvalue weighted by molar-refractivity contribution is 5.83. The molecule has 1 saturated heterocycles. The van der Waals surface area contributed by atoms with Crippen LogP contribution in [0.4, 0.5) is 4.39 Å². The molecular weight excluding hydrogens is 357 g/mol. The molecule has 1 aromatic carbocycles. The van der Waals surface area contributed by atoms with Crippen molar-refractivity contribution in [3.8, 4) is 0 Å². The Morgan fingerprint density at radius 2 is 2.07 bits per heavy atom. The lowest BCUT2D eigenvalue weighted by molar-refractivity contribution is -0.00683. The summed E-state index contributed by atoms with van der Waals surface area (Å²) < 4.78 is 19.0. The predicted molar refractivity (Wildman–Crippen MR) is 112 cm³/mol. The number of ether oxygens (including phenoxy) is 1. The number of benzene rings is 1. The van der Waals surface area contributed by atoms with Crippen LogP contribution in [0.3, 0.4) is 0 Å². The minimum atomic E-state index is -0.207. The number of morpholine rings is 1. The van der Waals surface area contributed by atoms with Crippen molar-refractivity contribution in [3.05, 3.63) is 35.8 Å². The molecule has 7 heteroatoms. The van der Waals surface area contributed by atoms with E-state index in [9.17, 15) is 4.39 Å². The van der Waals surface area contributed by atoms with E-state index in [1.54, 1.807) is 12.1 Å². The zero-order valence-corrected chi connectivity index (χ0v) is 17.1. The number of fused-ring (bicyclic) bond motifs is 1. The van der Waals surface area contributed by atoms with Crippen LogP contribution in [-0.2, 0) is 11.2 Å². The van der Waals surface area contributed by atoms with Crippen LogP contribution in [0.15, 0.2) is 29.4 Å². The molecule has 0 saturated carbocycles. The van der Waals surface area contributed by atoms with E-state index >= 15 is 0 Å². The molecule has 0 radical (unpaired) electrons. The first-order valence-electron chi connectivity index (χ1n) is 10.1. The SMILES string of the molecule is CCNC(=NCC(C)(C)N1CCOCC1)NCCc1c[nH]c2ccc(F)cc12. The summed E-state index contributed by atoms with van der Waals surface area (Å²) in [6.45, 7) is 12.2. The van der Waals surface area contributed by atoms with Crippen LogP contribution in [0.5, 0.6) is 0 Å². The zero-order chi connectivity index (χ0) is 20.0. The van der Waals surface area contributed by atoms with Gasteiger partial charge in [0.25, 0.3) is 0 Å². The molecule has 0 spiro atoms. The Kier molecular flexibility index (Phi) is 6.91. The number of nitrogens with one attached hydrogen (secondary N) is 3. The van der Waals surface area contributed by atoms with Gasteiger partial charge >= 0.3 is 0 Å². The lowest BCUT2D eigenvalue weighted by atomic mass is 10.0. The van der Waals surface area contributed by atoms with Crippen molar-refractivity contribution in [2.45, 2.75) is 32.7 Å². The molecule has 1 aliphatic rings. The number of halogens is 1. The Labute approximate surface area is 166 Å². The summed E-state index contributed by atoms with van der Waals surface area (Å²) in [4.78, 5) is 10.4. The maximum atomic E-state index is 13.5. The highest BCUT2D eigenvalue weighted by Gasteiger charge is 2.28. The van der Waals surface area contributed by atoms with E-state index in [2.05, 4.69) is 41.3 Å². The first-order valence-corrected chi connectivity index (χ1v) is 10.1. The molecule has 0 amide bonds. The van der Waals surface area contributed by atoms with Crippen LogP contribution >= 0.6 is 0 Å². The molecule has 2 aromatic rings. The lowest BCUT2D eigenvalue weighted by Gasteiger charge is -2.39. The van der Waals surface area contributed by atoms with Crippen molar-refractivity contribution in [2.75, 3.05) is 45.9 Å². The van der Waals surface area contributed by atoms with Crippen molar-refractivity contribution >= 4 is 16.9 Å². The van der Waals surface area contributed by atoms with Gasteiger partial charge in [0.1, 0.15) is 5.82 Å². The molecule has 3 N–H and O–H groups in total. The number of aliphatic imine (C=N–C) groups is 1. The number of nitrogens with zero attached hydrogens (tertiary/aromatic N) is 2. The van der Waals surface area contributed by atoms with Crippen molar-refractivity contribution in [3.63, 3.8) is 0 Å². The Bertz CT molecular complexity index is 795. The number of aromatic nitrogens is 1. The molecule has 3 rings (SSSR count). The molecule has 0 bridgehead atoms. The minimum absolute atomic E-state index is 0.0134. The first-order chi connectivity index (χ1) is 13.5. The maximum Gasteiger partial charge on any atom is 0.191 e. The minimum Gasteiger partial charge on any atom is -0.379 e. The van der Waals surface area contributed by atoms with Gasteiger partial charge in [-0.2, -0.15) is 0 Å². The average molecular weight is 390 g/mol. The molecule has 1 aromatic heterocycles. The van der Waals surface area contributed by atoms with Crippen LogP contribution in [0.25, 0.3) is 10.9 Å².